The Labute approximate surface area is 246 Å². The lowest BCUT2D eigenvalue weighted by Crippen LogP contribution is -2.13. The third-order valence-corrected chi connectivity index (χ3v) is 6.72. The molecular formula is C34H39FO7. The van der Waals surface area contributed by atoms with Gasteiger partial charge in [0.05, 0.1) is 29.9 Å². The fourth-order valence-electron chi connectivity index (χ4n) is 3.89. The summed E-state index contributed by atoms with van der Waals surface area (Å²) in [6.07, 6.45) is 7.94. The molecule has 0 amide bonds. The van der Waals surface area contributed by atoms with E-state index in [1.165, 1.54) is 62.1 Å². The second-order valence-electron chi connectivity index (χ2n) is 10.2. The summed E-state index contributed by atoms with van der Waals surface area (Å²) in [6.45, 7) is 6.92. The molecule has 0 saturated carbocycles. The predicted octanol–water partition coefficient (Wildman–Crippen LogP) is 8.21. The fourth-order valence-corrected chi connectivity index (χ4v) is 3.89. The third kappa shape index (κ3) is 10.3. The molecule has 3 rings (SSSR count). The molecule has 0 fully saturated rings. The van der Waals surface area contributed by atoms with Gasteiger partial charge in [0.1, 0.15) is 23.1 Å². The maximum absolute atomic E-state index is 14.5. The summed E-state index contributed by atoms with van der Waals surface area (Å²) in [7, 11) is 0. The molecular weight excluding hydrogens is 539 g/mol. The second-order valence-corrected chi connectivity index (χ2v) is 10.2. The smallest absolute Gasteiger partial charge is 0.343 e. The highest BCUT2D eigenvalue weighted by molar-refractivity contribution is 5.93. The average Bonchev–Trinajstić information content (AvgIpc) is 3.00. The van der Waals surface area contributed by atoms with Crippen LogP contribution >= 0.6 is 0 Å². The molecule has 3 aromatic carbocycles. The highest BCUT2D eigenvalue weighted by atomic mass is 19.1. The lowest BCUT2D eigenvalue weighted by atomic mass is 10.1. The van der Waals surface area contributed by atoms with Gasteiger partial charge in [0, 0.05) is 6.07 Å². The molecule has 224 valence electrons. The van der Waals surface area contributed by atoms with Gasteiger partial charge in [0.2, 0.25) is 0 Å². The summed E-state index contributed by atoms with van der Waals surface area (Å²) >= 11 is 0. The van der Waals surface area contributed by atoms with Gasteiger partial charge < -0.3 is 18.9 Å². The summed E-state index contributed by atoms with van der Waals surface area (Å²) < 4.78 is 36.0. The van der Waals surface area contributed by atoms with Crippen LogP contribution in [0.1, 0.15) is 96.8 Å². The molecule has 0 heterocycles. The first kappa shape index (κ1) is 32.3. The van der Waals surface area contributed by atoms with Gasteiger partial charge in [-0.2, -0.15) is 0 Å². The van der Waals surface area contributed by atoms with Crippen molar-refractivity contribution in [1.82, 2.24) is 0 Å². The number of benzene rings is 3. The minimum Gasteiger partial charge on any atom is -0.494 e. The van der Waals surface area contributed by atoms with E-state index in [0.29, 0.717) is 17.9 Å². The van der Waals surface area contributed by atoms with Gasteiger partial charge in [-0.1, -0.05) is 59.3 Å². The maximum atomic E-state index is 14.5. The molecule has 3 aromatic rings. The first-order chi connectivity index (χ1) is 20.3. The molecule has 8 heteroatoms. The molecule has 7 nitrogen and oxygen atoms in total. The van der Waals surface area contributed by atoms with Crippen molar-refractivity contribution >= 4 is 17.9 Å². The lowest BCUT2D eigenvalue weighted by molar-refractivity contribution is 0.0441. The SMILES string of the molecule is CCCCCCCCOc1ccc(C(=O)Oc2ccc(C(=O)Oc3ccc(C(=O)OC[C@@H](C)CC)c(F)c3)cc2)cc1. The van der Waals surface area contributed by atoms with Crippen molar-refractivity contribution in [2.24, 2.45) is 5.92 Å². The summed E-state index contributed by atoms with van der Waals surface area (Å²) in [5.74, 6) is -1.88. The molecule has 0 N–H and O–H groups in total. The summed E-state index contributed by atoms with van der Waals surface area (Å²) in [4.78, 5) is 37.2. The van der Waals surface area contributed by atoms with Crippen molar-refractivity contribution < 1.29 is 37.7 Å². The fraction of sp³-hybridized carbons (Fsp3) is 0.382. The van der Waals surface area contributed by atoms with E-state index in [1.54, 1.807) is 24.3 Å². The van der Waals surface area contributed by atoms with Crippen LogP contribution in [-0.4, -0.2) is 31.1 Å². The Balaban J connectivity index is 1.47. The zero-order valence-corrected chi connectivity index (χ0v) is 24.5. The van der Waals surface area contributed by atoms with Gasteiger partial charge >= 0.3 is 17.9 Å². The van der Waals surface area contributed by atoms with Crippen LogP contribution in [0.4, 0.5) is 4.39 Å². The van der Waals surface area contributed by atoms with E-state index >= 15 is 0 Å². The van der Waals surface area contributed by atoms with E-state index in [2.05, 4.69) is 6.92 Å². The molecule has 42 heavy (non-hydrogen) atoms. The molecule has 0 saturated heterocycles. The summed E-state index contributed by atoms with van der Waals surface area (Å²) in [5.41, 5.74) is 0.290. The highest BCUT2D eigenvalue weighted by Crippen LogP contribution is 2.21. The molecule has 0 aliphatic carbocycles. The molecule has 0 unspecified atom stereocenters. The number of carbonyl (C=O) groups is 3. The van der Waals surface area contributed by atoms with E-state index in [1.807, 2.05) is 13.8 Å². The quantitative estimate of drug-likeness (QED) is 0.0961. The largest absolute Gasteiger partial charge is 0.494 e. The molecule has 1 atom stereocenters. The number of hydrogen-bond donors (Lipinski definition) is 0. The van der Waals surface area contributed by atoms with Crippen LogP contribution in [0.25, 0.3) is 0 Å². The zero-order chi connectivity index (χ0) is 30.3. The van der Waals surface area contributed by atoms with E-state index in [9.17, 15) is 18.8 Å². The van der Waals surface area contributed by atoms with Crippen molar-refractivity contribution in [2.45, 2.75) is 65.7 Å². The van der Waals surface area contributed by atoms with Crippen LogP contribution in [0.2, 0.25) is 0 Å². The Morgan fingerprint density at radius 3 is 1.83 bits per heavy atom. The second kappa shape index (κ2) is 16.9. The number of esters is 3. The van der Waals surface area contributed by atoms with Crippen molar-refractivity contribution in [3.8, 4) is 17.2 Å². The summed E-state index contributed by atoms with van der Waals surface area (Å²) in [5, 5.41) is 0. The number of ether oxygens (including phenoxy) is 4. The molecule has 0 spiro atoms. The van der Waals surface area contributed by atoms with E-state index in [0.717, 1.165) is 25.3 Å². The van der Waals surface area contributed by atoms with Gasteiger partial charge in [-0.15, -0.1) is 0 Å². The Morgan fingerprint density at radius 1 is 0.690 bits per heavy atom. The van der Waals surface area contributed by atoms with E-state index in [-0.39, 0.29) is 35.2 Å². The first-order valence-electron chi connectivity index (χ1n) is 14.5. The van der Waals surface area contributed by atoms with Crippen molar-refractivity contribution in [1.29, 1.82) is 0 Å². The van der Waals surface area contributed by atoms with Gasteiger partial charge in [-0.3, -0.25) is 0 Å². The normalized spacial score (nSPS) is 11.4. The highest BCUT2D eigenvalue weighted by Gasteiger charge is 2.17. The van der Waals surface area contributed by atoms with Crippen LogP contribution in [0.5, 0.6) is 17.2 Å². The number of unbranched alkanes of at least 4 members (excludes halogenated alkanes) is 5. The van der Waals surface area contributed by atoms with Gasteiger partial charge in [0.25, 0.3) is 0 Å². The van der Waals surface area contributed by atoms with Crippen molar-refractivity contribution in [2.75, 3.05) is 13.2 Å². The Kier molecular flexibility index (Phi) is 13.0. The summed E-state index contributed by atoms with van der Waals surface area (Å²) in [6, 6.07) is 16.0. The van der Waals surface area contributed by atoms with Crippen molar-refractivity contribution in [3.05, 3.63) is 89.2 Å². The van der Waals surface area contributed by atoms with Crippen LogP contribution in [0.15, 0.2) is 66.7 Å². The third-order valence-electron chi connectivity index (χ3n) is 6.72. The van der Waals surface area contributed by atoms with Gasteiger partial charge in [-0.25, -0.2) is 18.8 Å². The van der Waals surface area contributed by atoms with Crippen LogP contribution in [-0.2, 0) is 4.74 Å². The molecule has 0 aromatic heterocycles. The van der Waals surface area contributed by atoms with E-state index in [4.69, 9.17) is 18.9 Å². The van der Waals surface area contributed by atoms with Crippen LogP contribution in [0, 0.1) is 11.7 Å². The number of hydrogen-bond acceptors (Lipinski definition) is 7. The Hall–Kier alpha value is -4.20. The zero-order valence-electron chi connectivity index (χ0n) is 24.5. The van der Waals surface area contributed by atoms with Crippen LogP contribution in [0.3, 0.4) is 0 Å². The molecule has 0 radical (unpaired) electrons. The van der Waals surface area contributed by atoms with Crippen molar-refractivity contribution in [3.63, 3.8) is 0 Å². The Morgan fingerprint density at radius 2 is 1.24 bits per heavy atom. The molecule has 0 aliphatic heterocycles. The van der Waals surface area contributed by atoms with Crippen LogP contribution < -0.4 is 14.2 Å². The number of carbonyl (C=O) groups excluding carboxylic acids is 3. The molecule has 0 bridgehead atoms. The average molecular weight is 579 g/mol. The minimum atomic E-state index is -0.853. The first-order valence-corrected chi connectivity index (χ1v) is 14.5. The number of rotatable bonds is 16. The molecule has 0 aliphatic rings. The monoisotopic (exact) mass is 578 g/mol. The number of halogens is 1. The minimum absolute atomic E-state index is 0.0640. The van der Waals surface area contributed by atoms with E-state index < -0.39 is 23.7 Å². The Bertz CT molecular complexity index is 1300. The maximum Gasteiger partial charge on any atom is 0.343 e. The van der Waals surface area contributed by atoms with Gasteiger partial charge in [0.15, 0.2) is 0 Å². The standard InChI is InChI=1S/C34H39FO7/c1-4-6-7-8-9-10-21-39-27-15-11-25(12-16-27)32(36)41-28-17-13-26(14-18-28)33(37)42-29-19-20-30(31(35)22-29)34(38)40-23-24(3)5-2/h11-20,22,24H,4-10,21,23H2,1-3H3/t24-/m0/s1. The van der Waals surface area contributed by atoms with Gasteiger partial charge in [-0.05, 0) is 73.0 Å². The topological polar surface area (TPSA) is 88.1 Å². The predicted molar refractivity (Wildman–Crippen MR) is 158 cm³/mol. The lowest BCUT2D eigenvalue weighted by Gasteiger charge is -2.11.